The number of nitrogens with zero attached hydrogens (tertiary/aromatic N) is 2. The van der Waals surface area contributed by atoms with Crippen LogP contribution < -0.4 is 16.4 Å². The second-order valence-corrected chi connectivity index (χ2v) is 9.80. The molecule has 35 heavy (non-hydrogen) atoms. The third-order valence-corrected chi connectivity index (χ3v) is 6.01. The van der Waals surface area contributed by atoms with Gasteiger partial charge in [-0.15, -0.1) is 0 Å². The fraction of sp³-hybridized carbons (Fsp3) is 0.407. The molecule has 1 heterocycles. The molecule has 8 heteroatoms. The zero-order valence-electron chi connectivity index (χ0n) is 20.9. The number of amides is 2. The summed E-state index contributed by atoms with van der Waals surface area (Å²) in [5, 5.41) is 5.94. The molecule has 3 rings (SSSR count). The Morgan fingerprint density at radius 2 is 1.94 bits per heavy atom. The number of carbonyl (C=O) groups excluding carboxylic acids is 1. The molecule has 0 saturated carbocycles. The number of nitrogens with two attached hydrogens (primary N) is 1. The molecule has 2 aromatic carbocycles. The molecule has 1 fully saturated rings. The van der Waals surface area contributed by atoms with Gasteiger partial charge >= 0.3 is 6.03 Å². The Hall–Kier alpha value is -3.23. The lowest BCUT2D eigenvalue weighted by molar-refractivity contribution is 0.159. The van der Waals surface area contributed by atoms with Gasteiger partial charge in [0.2, 0.25) is 0 Å². The first kappa shape index (κ1) is 26.4. The van der Waals surface area contributed by atoms with Crippen LogP contribution in [0.2, 0.25) is 0 Å². The minimum atomic E-state index is -0.407. The molecule has 1 aliphatic rings. The van der Waals surface area contributed by atoms with Gasteiger partial charge in [0.05, 0.1) is 18.3 Å². The maximum atomic E-state index is 13.7. The van der Waals surface area contributed by atoms with Crippen molar-refractivity contribution in [3.05, 3.63) is 77.8 Å². The van der Waals surface area contributed by atoms with E-state index >= 15 is 0 Å². The van der Waals surface area contributed by atoms with Crippen molar-refractivity contribution in [1.29, 1.82) is 0 Å². The SMILES string of the molecule is COCCN1C[C@@H](NC(=O)NC(C=C(N)C(C)(C)C)=Nc2cccc(F)c2)[C@H](c2ccccc2)C1. The van der Waals surface area contributed by atoms with Gasteiger partial charge in [0.25, 0.3) is 0 Å². The van der Waals surface area contributed by atoms with Crippen molar-refractivity contribution in [1.82, 2.24) is 15.5 Å². The van der Waals surface area contributed by atoms with E-state index in [0.717, 1.165) is 13.1 Å². The normalized spacial score (nSPS) is 19.6. The van der Waals surface area contributed by atoms with Crippen molar-refractivity contribution >= 4 is 17.6 Å². The zero-order valence-corrected chi connectivity index (χ0v) is 20.9. The van der Waals surface area contributed by atoms with Gasteiger partial charge in [-0.2, -0.15) is 0 Å². The topological polar surface area (TPSA) is 92.0 Å². The van der Waals surface area contributed by atoms with Crippen molar-refractivity contribution in [3.63, 3.8) is 0 Å². The van der Waals surface area contributed by atoms with Gasteiger partial charge in [0, 0.05) is 49.9 Å². The summed E-state index contributed by atoms with van der Waals surface area (Å²) in [7, 11) is 1.68. The highest BCUT2D eigenvalue weighted by Gasteiger charge is 2.34. The number of methoxy groups -OCH3 is 1. The van der Waals surface area contributed by atoms with E-state index in [1.807, 2.05) is 39.0 Å². The number of benzene rings is 2. The van der Waals surface area contributed by atoms with Gasteiger partial charge in [-0.1, -0.05) is 57.2 Å². The first-order chi connectivity index (χ1) is 16.7. The highest BCUT2D eigenvalue weighted by atomic mass is 19.1. The lowest BCUT2D eigenvalue weighted by Crippen LogP contribution is -2.47. The molecule has 2 amide bonds. The maximum Gasteiger partial charge on any atom is 0.320 e. The van der Waals surface area contributed by atoms with Crippen LogP contribution in [-0.4, -0.2) is 56.2 Å². The Kier molecular flexibility index (Phi) is 9.01. The molecule has 0 aromatic heterocycles. The maximum absolute atomic E-state index is 13.7. The predicted molar refractivity (Wildman–Crippen MR) is 138 cm³/mol. The van der Waals surface area contributed by atoms with Gasteiger partial charge < -0.3 is 15.8 Å². The quantitative estimate of drug-likeness (QED) is 0.409. The summed E-state index contributed by atoms with van der Waals surface area (Å²) >= 11 is 0. The van der Waals surface area contributed by atoms with Crippen LogP contribution in [0.3, 0.4) is 0 Å². The minimum Gasteiger partial charge on any atom is -0.401 e. The molecule has 0 bridgehead atoms. The lowest BCUT2D eigenvalue weighted by atomic mass is 9.92. The van der Waals surface area contributed by atoms with Crippen LogP contribution in [-0.2, 0) is 4.74 Å². The molecule has 1 aliphatic heterocycles. The summed E-state index contributed by atoms with van der Waals surface area (Å²) in [6.45, 7) is 8.84. The number of amidine groups is 1. The number of rotatable bonds is 7. The van der Waals surface area contributed by atoms with E-state index in [-0.39, 0.29) is 23.2 Å². The second-order valence-electron chi connectivity index (χ2n) is 9.80. The fourth-order valence-corrected chi connectivity index (χ4v) is 3.94. The van der Waals surface area contributed by atoms with E-state index in [0.29, 0.717) is 24.5 Å². The molecule has 0 aliphatic carbocycles. The summed E-state index contributed by atoms with van der Waals surface area (Å²) < 4.78 is 19.0. The first-order valence-corrected chi connectivity index (χ1v) is 11.8. The van der Waals surface area contributed by atoms with Gasteiger partial charge in [0.1, 0.15) is 11.7 Å². The summed E-state index contributed by atoms with van der Waals surface area (Å²) in [5.74, 6) is -0.0285. The molecule has 7 nitrogen and oxygen atoms in total. The summed E-state index contributed by atoms with van der Waals surface area (Å²) in [6.07, 6.45) is 1.62. The molecular formula is C27H36FN5O2. The van der Waals surface area contributed by atoms with E-state index in [1.165, 1.54) is 17.7 Å². The smallest absolute Gasteiger partial charge is 0.320 e. The first-order valence-electron chi connectivity index (χ1n) is 11.8. The van der Waals surface area contributed by atoms with E-state index in [1.54, 1.807) is 25.3 Å². The highest BCUT2D eigenvalue weighted by molar-refractivity contribution is 6.05. The number of halogens is 1. The number of likely N-dealkylation sites (tertiary alicyclic amines) is 1. The fourth-order valence-electron chi connectivity index (χ4n) is 3.94. The Morgan fingerprint density at radius 1 is 1.20 bits per heavy atom. The van der Waals surface area contributed by atoms with Crippen LogP contribution in [0.1, 0.15) is 32.3 Å². The van der Waals surface area contributed by atoms with Crippen molar-refractivity contribution in [2.24, 2.45) is 16.1 Å². The Balaban J connectivity index is 1.80. The molecule has 188 valence electrons. The van der Waals surface area contributed by atoms with E-state index < -0.39 is 11.8 Å². The largest absolute Gasteiger partial charge is 0.401 e. The number of carbonyl (C=O) groups is 1. The zero-order chi connectivity index (χ0) is 25.4. The van der Waals surface area contributed by atoms with Crippen molar-refractivity contribution in [3.8, 4) is 0 Å². The molecular weight excluding hydrogens is 445 g/mol. The lowest BCUT2D eigenvalue weighted by Gasteiger charge is -2.22. The summed E-state index contributed by atoms with van der Waals surface area (Å²) in [5.41, 5.74) is 8.02. The monoisotopic (exact) mass is 481 g/mol. The number of urea groups is 1. The molecule has 0 unspecified atom stereocenters. The number of hydrogen-bond acceptors (Lipinski definition) is 5. The molecule has 4 N–H and O–H groups in total. The predicted octanol–water partition coefficient (Wildman–Crippen LogP) is 4.16. The van der Waals surface area contributed by atoms with Crippen LogP contribution >= 0.6 is 0 Å². The van der Waals surface area contributed by atoms with Gasteiger partial charge in [-0.05, 0) is 23.8 Å². The number of nitrogens with one attached hydrogen (secondary N) is 2. The molecule has 1 saturated heterocycles. The van der Waals surface area contributed by atoms with Crippen LogP contribution in [0.15, 0.2) is 71.4 Å². The Morgan fingerprint density at radius 3 is 2.60 bits per heavy atom. The molecule has 2 atom stereocenters. The third-order valence-electron chi connectivity index (χ3n) is 6.01. The average molecular weight is 482 g/mol. The Labute approximate surface area is 207 Å². The average Bonchev–Trinajstić information content (AvgIpc) is 3.19. The Bertz CT molecular complexity index is 1050. The van der Waals surface area contributed by atoms with Crippen molar-refractivity contribution in [2.75, 3.05) is 33.4 Å². The summed E-state index contributed by atoms with van der Waals surface area (Å²) in [4.78, 5) is 19.8. The van der Waals surface area contributed by atoms with E-state index in [4.69, 9.17) is 10.5 Å². The molecule has 2 aromatic rings. The standard InChI is InChI=1S/C27H36FN5O2/c1-27(2,3)24(29)16-25(30-21-12-8-11-20(28)15-21)32-26(34)31-23-18-33(13-14-35-4)17-22(23)19-9-6-5-7-10-19/h5-12,15-16,22-23H,13-14,17-18,29H2,1-4H3,(H2,30,31,32,34)/t22-,23+/m0/s1. The van der Waals surface area contributed by atoms with Gasteiger partial charge in [-0.25, -0.2) is 14.2 Å². The number of aliphatic imine (C=N–C) groups is 1. The second kappa shape index (κ2) is 12.0. The number of ether oxygens (including phenoxy) is 1. The van der Waals surface area contributed by atoms with Crippen molar-refractivity contribution in [2.45, 2.75) is 32.7 Å². The summed E-state index contributed by atoms with van der Waals surface area (Å²) in [6, 6.07) is 15.6. The minimum absolute atomic E-state index is 0.103. The third kappa shape index (κ3) is 7.90. The van der Waals surface area contributed by atoms with Crippen LogP contribution in [0.25, 0.3) is 0 Å². The van der Waals surface area contributed by atoms with E-state index in [2.05, 4.69) is 32.7 Å². The van der Waals surface area contributed by atoms with Crippen LogP contribution in [0, 0.1) is 11.2 Å². The molecule has 0 spiro atoms. The van der Waals surface area contributed by atoms with Gasteiger partial charge in [0.15, 0.2) is 0 Å². The van der Waals surface area contributed by atoms with Crippen LogP contribution in [0.4, 0.5) is 14.9 Å². The van der Waals surface area contributed by atoms with Crippen LogP contribution in [0.5, 0.6) is 0 Å². The molecule has 0 radical (unpaired) electrons. The van der Waals surface area contributed by atoms with E-state index in [9.17, 15) is 9.18 Å². The van der Waals surface area contributed by atoms with Gasteiger partial charge in [-0.3, -0.25) is 10.2 Å². The van der Waals surface area contributed by atoms with Crippen molar-refractivity contribution < 1.29 is 13.9 Å². The highest BCUT2D eigenvalue weighted by Crippen LogP contribution is 2.27. The number of allylic oxidation sites excluding steroid dienone is 1. The number of hydrogen-bond donors (Lipinski definition) is 3.